The van der Waals surface area contributed by atoms with Crippen LogP contribution in [0.15, 0.2) is 12.1 Å². The molecule has 0 aliphatic heterocycles. The van der Waals surface area contributed by atoms with Crippen molar-refractivity contribution in [3.05, 3.63) is 34.4 Å². The molecule has 0 aromatic heterocycles. The summed E-state index contributed by atoms with van der Waals surface area (Å²) in [5.74, 6) is 0.308. The summed E-state index contributed by atoms with van der Waals surface area (Å²) in [6.45, 7) is 5.98. The van der Waals surface area contributed by atoms with E-state index < -0.39 is 0 Å². The largest absolute Gasteiger partial charge is 0.349 e. The molecule has 1 amide bonds. The molecule has 2 rings (SSSR count). The molecule has 1 saturated carbocycles. The van der Waals surface area contributed by atoms with Crippen molar-refractivity contribution in [1.29, 1.82) is 0 Å². The van der Waals surface area contributed by atoms with Gasteiger partial charge in [-0.1, -0.05) is 17.7 Å². The van der Waals surface area contributed by atoms with Crippen LogP contribution in [0.25, 0.3) is 0 Å². The zero-order chi connectivity index (χ0) is 14.0. The Hall–Kier alpha value is -1.64. The van der Waals surface area contributed by atoms with Gasteiger partial charge in [0.15, 0.2) is 0 Å². The minimum atomic E-state index is -0.00523. The molecule has 0 spiro atoms. The minimum absolute atomic E-state index is 0.00523. The summed E-state index contributed by atoms with van der Waals surface area (Å²) in [6.07, 6.45) is 2.73. The number of benzene rings is 1. The summed E-state index contributed by atoms with van der Waals surface area (Å²) >= 11 is 0. The van der Waals surface area contributed by atoms with Crippen LogP contribution in [-0.2, 0) is 4.79 Å². The highest BCUT2D eigenvalue weighted by atomic mass is 16.1. The molecule has 0 bridgehead atoms. The van der Waals surface area contributed by atoms with Gasteiger partial charge in [0.05, 0.1) is 0 Å². The fraction of sp³-hybridized carbons (Fsp3) is 0.500. The van der Waals surface area contributed by atoms with Crippen LogP contribution in [0.3, 0.4) is 0 Å². The van der Waals surface area contributed by atoms with Gasteiger partial charge in [0, 0.05) is 24.4 Å². The van der Waals surface area contributed by atoms with E-state index in [1.165, 1.54) is 5.56 Å². The fourth-order valence-corrected chi connectivity index (χ4v) is 2.88. The summed E-state index contributed by atoms with van der Waals surface area (Å²) in [4.78, 5) is 23.5. The third-order valence-corrected chi connectivity index (χ3v) is 3.78. The number of carbonyl (C=O) groups is 2. The lowest BCUT2D eigenvalue weighted by molar-refractivity contribution is -0.120. The monoisotopic (exact) mass is 259 g/mol. The average molecular weight is 259 g/mol. The highest BCUT2D eigenvalue weighted by Crippen LogP contribution is 2.19. The van der Waals surface area contributed by atoms with Crippen molar-refractivity contribution in [3.8, 4) is 0 Å². The van der Waals surface area contributed by atoms with Crippen LogP contribution < -0.4 is 5.32 Å². The maximum atomic E-state index is 12.4. The normalized spacial score (nSPS) is 16.5. The topological polar surface area (TPSA) is 46.2 Å². The number of carbonyl (C=O) groups excluding carboxylic acids is 2. The Morgan fingerprint density at radius 1 is 1.11 bits per heavy atom. The van der Waals surface area contributed by atoms with Crippen molar-refractivity contribution in [1.82, 2.24) is 5.32 Å². The fourth-order valence-electron chi connectivity index (χ4n) is 2.88. The Balaban J connectivity index is 2.10. The Kier molecular flexibility index (Phi) is 4.03. The lowest BCUT2D eigenvalue weighted by Crippen LogP contribution is -2.38. The van der Waals surface area contributed by atoms with E-state index in [4.69, 9.17) is 0 Å². The molecule has 3 nitrogen and oxygen atoms in total. The molecule has 3 heteroatoms. The predicted octanol–water partition coefficient (Wildman–Crippen LogP) is 2.85. The standard InChI is InChI=1S/C16H21NO2/c1-10-8-11(2)15(12(3)9-10)16(19)17-13-4-6-14(18)7-5-13/h8-9,13H,4-7H2,1-3H3,(H,17,19). The molecule has 1 aliphatic carbocycles. The summed E-state index contributed by atoms with van der Waals surface area (Å²) in [7, 11) is 0. The van der Waals surface area contributed by atoms with Crippen molar-refractivity contribution in [3.63, 3.8) is 0 Å². The molecular weight excluding hydrogens is 238 g/mol. The first-order chi connectivity index (χ1) is 8.97. The first-order valence-corrected chi connectivity index (χ1v) is 6.88. The Morgan fingerprint density at radius 2 is 1.63 bits per heavy atom. The lowest BCUT2D eigenvalue weighted by Gasteiger charge is -2.23. The van der Waals surface area contributed by atoms with Crippen molar-refractivity contribution in [2.45, 2.75) is 52.5 Å². The number of aryl methyl sites for hydroxylation is 3. The average Bonchev–Trinajstić information content (AvgIpc) is 2.30. The maximum Gasteiger partial charge on any atom is 0.252 e. The second kappa shape index (κ2) is 5.55. The number of amides is 1. The second-order valence-electron chi connectivity index (χ2n) is 5.56. The summed E-state index contributed by atoms with van der Waals surface area (Å²) in [5.41, 5.74) is 3.99. The van der Waals surface area contributed by atoms with Crippen LogP contribution >= 0.6 is 0 Å². The molecule has 102 valence electrons. The molecule has 1 aromatic rings. The van der Waals surface area contributed by atoms with E-state index in [0.29, 0.717) is 18.6 Å². The zero-order valence-corrected chi connectivity index (χ0v) is 11.9. The van der Waals surface area contributed by atoms with Crippen molar-refractivity contribution >= 4 is 11.7 Å². The molecule has 0 heterocycles. The quantitative estimate of drug-likeness (QED) is 0.887. The predicted molar refractivity (Wildman–Crippen MR) is 75.4 cm³/mol. The molecule has 19 heavy (non-hydrogen) atoms. The number of rotatable bonds is 2. The van der Waals surface area contributed by atoms with Gasteiger partial charge in [-0.3, -0.25) is 9.59 Å². The Bertz CT molecular complexity index is 486. The van der Waals surface area contributed by atoms with Gasteiger partial charge in [-0.2, -0.15) is 0 Å². The smallest absolute Gasteiger partial charge is 0.252 e. The van der Waals surface area contributed by atoms with E-state index >= 15 is 0 Å². The highest BCUT2D eigenvalue weighted by Gasteiger charge is 2.22. The highest BCUT2D eigenvalue weighted by molar-refractivity contribution is 5.97. The number of hydrogen-bond donors (Lipinski definition) is 1. The van der Waals surface area contributed by atoms with E-state index in [1.54, 1.807) is 0 Å². The molecule has 1 aromatic carbocycles. The van der Waals surface area contributed by atoms with Gasteiger partial charge in [-0.05, 0) is 44.7 Å². The molecular formula is C16H21NO2. The van der Waals surface area contributed by atoms with Gasteiger partial charge < -0.3 is 5.32 Å². The summed E-state index contributed by atoms with van der Waals surface area (Å²) in [6, 6.07) is 4.21. The van der Waals surface area contributed by atoms with E-state index in [1.807, 2.05) is 32.9 Å². The number of hydrogen-bond acceptors (Lipinski definition) is 2. The van der Waals surface area contributed by atoms with Crippen LogP contribution in [0.5, 0.6) is 0 Å². The van der Waals surface area contributed by atoms with Crippen LogP contribution in [0.2, 0.25) is 0 Å². The maximum absolute atomic E-state index is 12.4. The minimum Gasteiger partial charge on any atom is -0.349 e. The molecule has 1 fully saturated rings. The Morgan fingerprint density at radius 3 is 2.16 bits per heavy atom. The molecule has 0 saturated heterocycles. The van der Waals surface area contributed by atoms with Gasteiger partial charge >= 0.3 is 0 Å². The molecule has 0 unspecified atom stereocenters. The van der Waals surface area contributed by atoms with E-state index in [-0.39, 0.29) is 11.9 Å². The van der Waals surface area contributed by atoms with Gasteiger partial charge in [0.2, 0.25) is 0 Å². The van der Waals surface area contributed by atoms with Crippen molar-refractivity contribution < 1.29 is 9.59 Å². The van der Waals surface area contributed by atoms with Crippen molar-refractivity contribution in [2.24, 2.45) is 0 Å². The number of Topliss-reactive ketones (excluding diaryl/α,β-unsaturated/α-hetero) is 1. The van der Waals surface area contributed by atoms with Crippen molar-refractivity contribution in [2.75, 3.05) is 0 Å². The SMILES string of the molecule is Cc1cc(C)c(C(=O)NC2CCC(=O)CC2)c(C)c1. The number of nitrogens with one attached hydrogen (secondary N) is 1. The zero-order valence-electron chi connectivity index (χ0n) is 11.9. The van der Waals surface area contributed by atoms with Crippen LogP contribution in [0.1, 0.15) is 52.7 Å². The second-order valence-corrected chi connectivity index (χ2v) is 5.56. The molecule has 0 radical (unpaired) electrons. The van der Waals surface area contributed by atoms with Gasteiger partial charge in [0.1, 0.15) is 5.78 Å². The number of ketones is 1. The van der Waals surface area contributed by atoms with Crippen LogP contribution in [-0.4, -0.2) is 17.7 Å². The van der Waals surface area contributed by atoms with E-state index in [2.05, 4.69) is 5.32 Å². The first kappa shape index (κ1) is 13.8. The molecule has 0 atom stereocenters. The Labute approximate surface area is 114 Å². The van der Waals surface area contributed by atoms with E-state index in [9.17, 15) is 9.59 Å². The summed E-state index contributed by atoms with van der Waals surface area (Å²) < 4.78 is 0. The first-order valence-electron chi connectivity index (χ1n) is 6.88. The van der Waals surface area contributed by atoms with Gasteiger partial charge in [-0.25, -0.2) is 0 Å². The molecule has 1 aliphatic rings. The summed E-state index contributed by atoms with van der Waals surface area (Å²) in [5, 5.41) is 3.07. The third-order valence-electron chi connectivity index (χ3n) is 3.78. The van der Waals surface area contributed by atoms with Gasteiger partial charge in [-0.15, -0.1) is 0 Å². The molecule has 1 N–H and O–H groups in total. The van der Waals surface area contributed by atoms with Crippen LogP contribution in [0.4, 0.5) is 0 Å². The van der Waals surface area contributed by atoms with Crippen LogP contribution in [0, 0.1) is 20.8 Å². The third kappa shape index (κ3) is 3.22. The van der Waals surface area contributed by atoms with E-state index in [0.717, 1.165) is 29.5 Å². The van der Waals surface area contributed by atoms with Gasteiger partial charge in [0.25, 0.3) is 5.91 Å². The lowest BCUT2D eigenvalue weighted by atomic mass is 9.93.